The maximum atomic E-state index is 4.42. The van der Waals surface area contributed by atoms with E-state index in [1.807, 2.05) is 0 Å². The smallest absolute Gasteiger partial charge is 0.0883 e. The molecule has 0 aliphatic heterocycles. The first kappa shape index (κ1) is 12.6. The van der Waals surface area contributed by atoms with Crippen molar-refractivity contribution in [2.24, 2.45) is 11.8 Å². The quantitative estimate of drug-likeness (QED) is 0.812. The molecule has 1 nitrogen and oxygen atoms in total. The van der Waals surface area contributed by atoms with E-state index in [1.165, 1.54) is 24.8 Å². The van der Waals surface area contributed by atoms with Gasteiger partial charge in [0.05, 0.1) is 6.04 Å². The van der Waals surface area contributed by atoms with E-state index in [2.05, 4.69) is 56.8 Å². The highest BCUT2D eigenvalue weighted by molar-refractivity contribution is 5.25. The molecule has 3 N–H and O–H groups in total. The van der Waals surface area contributed by atoms with E-state index in [9.17, 15) is 0 Å². The molecule has 1 heteroatoms. The number of rotatable bonds is 2. The first-order valence-corrected chi connectivity index (χ1v) is 6.90. The highest BCUT2D eigenvalue weighted by Gasteiger charge is 2.40. The molecule has 0 bridgehead atoms. The normalized spacial score (nSPS) is 30.2. The molecular formula is C16H26N+. The molecule has 94 valence electrons. The Morgan fingerprint density at radius 3 is 2.35 bits per heavy atom. The summed E-state index contributed by atoms with van der Waals surface area (Å²) in [6.45, 7) is 7.15. The minimum Gasteiger partial charge on any atom is -0.355 e. The Morgan fingerprint density at radius 1 is 1.12 bits per heavy atom. The topological polar surface area (TPSA) is 27.6 Å². The lowest BCUT2D eigenvalue weighted by Gasteiger charge is -2.41. The minimum absolute atomic E-state index is 0.258. The summed E-state index contributed by atoms with van der Waals surface area (Å²) in [7, 11) is 0. The molecule has 1 aliphatic carbocycles. The Morgan fingerprint density at radius 2 is 1.76 bits per heavy atom. The van der Waals surface area contributed by atoms with Gasteiger partial charge in [-0.2, -0.15) is 0 Å². The first-order chi connectivity index (χ1) is 8.01. The summed E-state index contributed by atoms with van der Waals surface area (Å²) in [5, 5.41) is 0. The number of quaternary nitrogens is 1. The molecule has 0 saturated heterocycles. The molecule has 3 atom stereocenters. The molecule has 0 unspecified atom stereocenters. The lowest BCUT2D eigenvalue weighted by atomic mass is 9.64. The van der Waals surface area contributed by atoms with Gasteiger partial charge in [-0.05, 0) is 29.7 Å². The first-order valence-electron chi connectivity index (χ1n) is 6.90. The van der Waals surface area contributed by atoms with Crippen molar-refractivity contribution >= 4 is 0 Å². The Labute approximate surface area is 105 Å². The van der Waals surface area contributed by atoms with Crippen LogP contribution < -0.4 is 5.73 Å². The summed E-state index contributed by atoms with van der Waals surface area (Å²) in [5.74, 6) is 1.58. The van der Waals surface area contributed by atoms with Crippen LogP contribution in [0.2, 0.25) is 0 Å². The molecule has 0 aromatic heterocycles. The lowest BCUT2D eigenvalue weighted by molar-refractivity contribution is -0.444. The summed E-state index contributed by atoms with van der Waals surface area (Å²) in [5.41, 5.74) is 6.14. The summed E-state index contributed by atoms with van der Waals surface area (Å²) in [4.78, 5) is 0. The van der Waals surface area contributed by atoms with Crippen LogP contribution in [0.1, 0.15) is 45.6 Å². The highest BCUT2D eigenvalue weighted by atomic mass is 14.7. The van der Waals surface area contributed by atoms with Crippen LogP contribution in [0.3, 0.4) is 0 Å². The van der Waals surface area contributed by atoms with E-state index in [0.717, 1.165) is 11.8 Å². The fourth-order valence-corrected chi connectivity index (χ4v) is 3.53. The Balaban J connectivity index is 2.21. The zero-order valence-electron chi connectivity index (χ0n) is 11.4. The van der Waals surface area contributed by atoms with E-state index in [-0.39, 0.29) is 5.41 Å². The van der Waals surface area contributed by atoms with Crippen molar-refractivity contribution in [1.29, 1.82) is 0 Å². The van der Waals surface area contributed by atoms with Gasteiger partial charge in [0.25, 0.3) is 0 Å². The van der Waals surface area contributed by atoms with E-state index in [4.69, 9.17) is 0 Å². The molecule has 0 radical (unpaired) electrons. The van der Waals surface area contributed by atoms with Crippen LogP contribution in [-0.4, -0.2) is 6.04 Å². The van der Waals surface area contributed by atoms with Gasteiger partial charge in [0.15, 0.2) is 0 Å². The molecule has 1 aliphatic rings. The fraction of sp³-hybridized carbons (Fsp3) is 0.625. The second-order valence-electron chi connectivity index (χ2n) is 6.37. The molecule has 0 heterocycles. The highest BCUT2D eigenvalue weighted by Crippen LogP contribution is 2.40. The largest absolute Gasteiger partial charge is 0.355 e. The molecule has 0 amide bonds. The van der Waals surface area contributed by atoms with Crippen LogP contribution in [0, 0.1) is 11.8 Å². The van der Waals surface area contributed by atoms with Gasteiger partial charge >= 0.3 is 0 Å². The van der Waals surface area contributed by atoms with Crippen molar-refractivity contribution in [3.05, 3.63) is 35.9 Å². The summed E-state index contributed by atoms with van der Waals surface area (Å²) in [6.07, 6.45) is 3.99. The molecule has 1 fully saturated rings. The van der Waals surface area contributed by atoms with Crippen molar-refractivity contribution in [1.82, 2.24) is 0 Å². The van der Waals surface area contributed by atoms with Gasteiger partial charge in [-0.3, -0.25) is 0 Å². The van der Waals surface area contributed by atoms with E-state index < -0.39 is 0 Å². The molecule has 2 rings (SSSR count). The predicted molar refractivity (Wildman–Crippen MR) is 72.6 cm³/mol. The zero-order chi connectivity index (χ0) is 12.5. The minimum atomic E-state index is 0.258. The molecule has 1 aromatic rings. The molecule has 0 spiro atoms. The average Bonchev–Trinajstić information content (AvgIpc) is 2.29. The second kappa shape index (κ2) is 4.81. The molecule has 17 heavy (non-hydrogen) atoms. The third kappa shape index (κ3) is 2.55. The molecule has 1 saturated carbocycles. The van der Waals surface area contributed by atoms with Crippen molar-refractivity contribution in [3.8, 4) is 0 Å². The van der Waals surface area contributed by atoms with Crippen molar-refractivity contribution < 1.29 is 5.73 Å². The van der Waals surface area contributed by atoms with Crippen molar-refractivity contribution in [2.75, 3.05) is 0 Å². The van der Waals surface area contributed by atoms with Gasteiger partial charge in [-0.15, -0.1) is 0 Å². The van der Waals surface area contributed by atoms with Crippen LogP contribution >= 0.6 is 0 Å². The third-order valence-electron chi connectivity index (χ3n) is 4.69. The molecular weight excluding hydrogens is 206 g/mol. The number of hydrogen-bond acceptors (Lipinski definition) is 0. The van der Waals surface area contributed by atoms with Crippen LogP contribution in [0.5, 0.6) is 0 Å². The molecule has 1 aromatic carbocycles. The van der Waals surface area contributed by atoms with Crippen LogP contribution in [0.25, 0.3) is 0 Å². The van der Waals surface area contributed by atoms with E-state index in [1.54, 1.807) is 0 Å². The second-order valence-corrected chi connectivity index (χ2v) is 6.37. The monoisotopic (exact) mass is 232 g/mol. The van der Waals surface area contributed by atoms with Crippen molar-refractivity contribution in [2.45, 2.75) is 51.5 Å². The zero-order valence-corrected chi connectivity index (χ0v) is 11.4. The van der Waals surface area contributed by atoms with Gasteiger partial charge in [0, 0.05) is 12.3 Å². The Bertz CT molecular complexity index is 355. The lowest BCUT2D eigenvalue weighted by Crippen LogP contribution is -2.68. The Kier molecular flexibility index (Phi) is 3.58. The maximum Gasteiger partial charge on any atom is 0.0883 e. The Hall–Kier alpha value is -0.820. The van der Waals surface area contributed by atoms with Crippen LogP contribution in [0.15, 0.2) is 30.3 Å². The van der Waals surface area contributed by atoms with Crippen LogP contribution in [0.4, 0.5) is 0 Å². The van der Waals surface area contributed by atoms with E-state index in [0.29, 0.717) is 6.04 Å². The van der Waals surface area contributed by atoms with Gasteiger partial charge in [0.1, 0.15) is 0 Å². The fourth-order valence-electron chi connectivity index (χ4n) is 3.53. The summed E-state index contributed by atoms with van der Waals surface area (Å²) < 4.78 is 0. The van der Waals surface area contributed by atoms with Crippen molar-refractivity contribution in [3.63, 3.8) is 0 Å². The number of hydrogen-bond donors (Lipinski definition) is 1. The summed E-state index contributed by atoms with van der Waals surface area (Å²) >= 11 is 0. The standard InChI is InChI=1S/C16H25N/c1-12-9-10-14(15(17)11-12)16(2,3)13-7-5-4-6-8-13/h4-8,12,14-15H,9-11,17H2,1-3H3/p+1/t12-,14-,15-/m1/s1. The van der Waals surface area contributed by atoms with Gasteiger partial charge in [0.2, 0.25) is 0 Å². The van der Waals surface area contributed by atoms with E-state index >= 15 is 0 Å². The van der Waals surface area contributed by atoms with Gasteiger partial charge < -0.3 is 5.73 Å². The van der Waals surface area contributed by atoms with Crippen LogP contribution in [-0.2, 0) is 5.41 Å². The third-order valence-corrected chi connectivity index (χ3v) is 4.69. The van der Waals surface area contributed by atoms with Gasteiger partial charge in [-0.1, -0.05) is 51.1 Å². The van der Waals surface area contributed by atoms with Gasteiger partial charge in [-0.25, -0.2) is 0 Å². The predicted octanol–water partition coefficient (Wildman–Crippen LogP) is 3.01. The summed E-state index contributed by atoms with van der Waals surface area (Å²) in [6, 6.07) is 11.6. The maximum absolute atomic E-state index is 4.42. The number of benzene rings is 1. The SMILES string of the molecule is C[C@@H]1CC[C@@H](C(C)(C)c2ccccc2)[C@H]([NH3+])C1. The average molecular weight is 232 g/mol.